The maximum Gasteiger partial charge on any atom is 0.326 e. The molecule has 1 aromatic heterocycles. The van der Waals surface area contributed by atoms with Gasteiger partial charge in [-0.3, -0.25) is 9.36 Å². The van der Waals surface area contributed by atoms with Crippen LogP contribution in [-0.2, 0) is 11.8 Å². The number of amides is 1. The van der Waals surface area contributed by atoms with E-state index < -0.39 is 0 Å². The fourth-order valence-electron chi connectivity index (χ4n) is 1.77. The minimum Gasteiger partial charge on any atom is -0.326 e. The van der Waals surface area contributed by atoms with Gasteiger partial charge in [0.05, 0.1) is 11.0 Å². The van der Waals surface area contributed by atoms with Crippen molar-refractivity contribution >= 4 is 22.6 Å². The minimum atomic E-state index is -0.156. The van der Waals surface area contributed by atoms with Crippen molar-refractivity contribution in [2.75, 3.05) is 5.32 Å². The molecule has 0 spiro atoms. The summed E-state index contributed by atoms with van der Waals surface area (Å²) < 4.78 is 1.53. The number of fused-ring (bicyclic) bond motifs is 1. The summed E-state index contributed by atoms with van der Waals surface area (Å²) in [4.78, 5) is 25.6. The second-order valence-corrected chi connectivity index (χ2v) is 4.02. The van der Waals surface area contributed by atoms with Crippen molar-refractivity contribution in [2.24, 2.45) is 7.05 Å². The second-order valence-electron chi connectivity index (χ2n) is 4.02. The average Bonchev–Trinajstić information content (AvgIpc) is 2.55. The number of H-pyrrole nitrogens is 1. The summed E-state index contributed by atoms with van der Waals surface area (Å²) in [7, 11) is 1.70. The summed E-state index contributed by atoms with van der Waals surface area (Å²) in [6, 6.07) is 5.38. The van der Waals surface area contributed by atoms with Crippen LogP contribution in [0.3, 0.4) is 0 Å². The largest absolute Gasteiger partial charge is 0.326 e. The lowest BCUT2D eigenvalue weighted by Gasteiger charge is -2.04. The molecule has 0 saturated carbocycles. The molecule has 1 heterocycles. The Morgan fingerprint density at radius 2 is 2.24 bits per heavy atom. The molecular formula is C12H15N3O2. The molecule has 0 radical (unpaired) electrons. The molecule has 0 atom stereocenters. The molecule has 0 aliphatic carbocycles. The van der Waals surface area contributed by atoms with E-state index in [2.05, 4.69) is 10.3 Å². The molecular weight excluding hydrogens is 218 g/mol. The van der Waals surface area contributed by atoms with E-state index in [0.717, 1.165) is 17.5 Å². The van der Waals surface area contributed by atoms with Gasteiger partial charge in [-0.25, -0.2) is 4.79 Å². The zero-order valence-corrected chi connectivity index (χ0v) is 9.91. The standard InChI is InChI=1S/C12H15N3O2/c1-3-4-11(16)13-8-5-6-10-9(7-8)14-12(17)15(10)2/h5-7H,3-4H2,1-2H3,(H,13,16)(H,14,17). The van der Waals surface area contributed by atoms with Crippen LogP contribution in [0.5, 0.6) is 0 Å². The van der Waals surface area contributed by atoms with Gasteiger partial charge in [0.2, 0.25) is 5.91 Å². The Hall–Kier alpha value is -2.04. The predicted molar refractivity (Wildman–Crippen MR) is 67.1 cm³/mol. The molecule has 5 nitrogen and oxygen atoms in total. The number of aromatic nitrogens is 2. The summed E-state index contributed by atoms with van der Waals surface area (Å²) >= 11 is 0. The van der Waals surface area contributed by atoms with Crippen molar-refractivity contribution in [3.8, 4) is 0 Å². The van der Waals surface area contributed by atoms with Gasteiger partial charge in [-0.1, -0.05) is 6.92 Å². The summed E-state index contributed by atoms with van der Waals surface area (Å²) in [5, 5.41) is 2.79. The van der Waals surface area contributed by atoms with Gasteiger partial charge in [0.15, 0.2) is 0 Å². The van der Waals surface area contributed by atoms with E-state index in [0.29, 0.717) is 12.1 Å². The molecule has 17 heavy (non-hydrogen) atoms. The number of hydrogen-bond acceptors (Lipinski definition) is 2. The molecule has 0 bridgehead atoms. The number of benzene rings is 1. The van der Waals surface area contributed by atoms with Crippen LogP contribution in [0.4, 0.5) is 5.69 Å². The smallest absolute Gasteiger partial charge is 0.326 e. The Morgan fingerprint density at radius 3 is 2.94 bits per heavy atom. The number of anilines is 1. The molecule has 0 fully saturated rings. The first kappa shape index (κ1) is 11.4. The average molecular weight is 233 g/mol. The van der Waals surface area contributed by atoms with Crippen LogP contribution in [0.1, 0.15) is 19.8 Å². The maximum atomic E-state index is 11.4. The molecule has 1 amide bonds. The van der Waals surface area contributed by atoms with Crippen LogP contribution < -0.4 is 11.0 Å². The van der Waals surface area contributed by atoms with Crippen LogP contribution in [0, 0.1) is 0 Å². The number of rotatable bonds is 3. The van der Waals surface area contributed by atoms with Gasteiger partial charge in [-0.15, -0.1) is 0 Å². The number of nitrogens with one attached hydrogen (secondary N) is 2. The predicted octanol–water partition coefficient (Wildman–Crippen LogP) is 1.61. The molecule has 2 N–H and O–H groups in total. The Balaban J connectivity index is 2.32. The topological polar surface area (TPSA) is 66.9 Å². The van der Waals surface area contributed by atoms with Gasteiger partial charge in [0.1, 0.15) is 0 Å². The van der Waals surface area contributed by atoms with Crippen LogP contribution >= 0.6 is 0 Å². The number of nitrogens with zero attached hydrogens (tertiary/aromatic N) is 1. The van der Waals surface area contributed by atoms with Gasteiger partial charge in [0.25, 0.3) is 0 Å². The normalized spacial score (nSPS) is 10.7. The van der Waals surface area contributed by atoms with Crippen molar-refractivity contribution < 1.29 is 4.79 Å². The summed E-state index contributed by atoms with van der Waals surface area (Å²) in [6.07, 6.45) is 1.32. The summed E-state index contributed by atoms with van der Waals surface area (Å²) in [5.41, 5.74) is 2.10. The molecule has 0 aliphatic rings. The van der Waals surface area contributed by atoms with Crippen molar-refractivity contribution in [2.45, 2.75) is 19.8 Å². The molecule has 0 unspecified atom stereocenters. The number of carbonyl (C=O) groups excluding carboxylic acids is 1. The Bertz CT molecular complexity index is 610. The lowest BCUT2D eigenvalue weighted by atomic mass is 10.2. The van der Waals surface area contributed by atoms with Crippen LogP contribution in [0.15, 0.2) is 23.0 Å². The van der Waals surface area contributed by atoms with E-state index in [9.17, 15) is 9.59 Å². The molecule has 0 aliphatic heterocycles. The van der Waals surface area contributed by atoms with E-state index in [4.69, 9.17) is 0 Å². The van der Waals surface area contributed by atoms with E-state index in [1.165, 1.54) is 4.57 Å². The van der Waals surface area contributed by atoms with Crippen LogP contribution in [0.2, 0.25) is 0 Å². The van der Waals surface area contributed by atoms with E-state index in [-0.39, 0.29) is 11.6 Å². The van der Waals surface area contributed by atoms with E-state index >= 15 is 0 Å². The van der Waals surface area contributed by atoms with Crippen molar-refractivity contribution in [3.05, 3.63) is 28.7 Å². The monoisotopic (exact) mass is 233 g/mol. The summed E-state index contributed by atoms with van der Waals surface area (Å²) in [5.74, 6) is -0.00914. The zero-order chi connectivity index (χ0) is 12.4. The fourth-order valence-corrected chi connectivity index (χ4v) is 1.77. The van der Waals surface area contributed by atoms with Gasteiger partial charge in [-0.05, 0) is 24.6 Å². The first-order valence-electron chi connectivity index (χ1n) is 5.60. The van der Waals surface area contributed by atoms with Crippen molar-refractivity contribution in [1.29, 1.82) is 0 Å². The molecule has 5 heteroatoms. The Morgan fingerprint density at radius 1 is 1.47 bits per heavy atom. The van der Waals surface area contributed by atoms with Crippen molar-refractivity contribution in [3.63, 3.8) is 0 Å². The van der Waals surface area contributed by atoms with Gasteiger partial charge in [0, 0.05) is 19.2 Å². The summed E-state index contributed by atoms with van der Waals surface area (Å²) in [6.45, 7) is 1.96. The van der Waals surface area contributed by atoms with Crippen molar-refractivity contribution in [1.82, 2.24) is 9.55 Å². The molecule has 0 saturated heterocycles. The molecule has 2 rings (SSSR count). The lowest BCUT2D eigenvalue weighted by molar-refractivity contribution is -0.116. The van der Waals surface area contributed by atoms with Gasteiger partial charge in [-0.2, -0.15) is 0 Å². The highest BCUT2D eigenvalue weighted by Crippen LogP contribution is 2.16. The Kier molecular flexibility index (Phi) is 2.99. The van der Waals surface area contributed by atoms with Gasteiger partial charge < -0.3 is 10.3 Å². The molecule has 2 aromatic rings. The molecule has 90 valence electrons. The maximum absolute atomic E-state index is 11.4. The highest BCUT2D eigenvalue weighted by atomic mass is 16.2. The quantitative estimate of drug-likeness (QED) is 0.845. The molecule has 1 aromatic carbocycles. The van der Waals surface area contributed by atoms with E-state index in [1.807, 2.05) is 13.0 Å². The first-order valence-corrected chi connectivity index (χ1v) is 5.60. The highest BCUT2D eigenvalue weighted by Gasteiger charge is 2.05. The van der Waals surface area contributed by atoms with Crippen LogP contribution in [0.25, 0.3) is 11.0 Å². The highest BCUT2D eigenvalue weighted by molar-refractivity contribution is 5.92. The second kappa shape index (κ2) is 4.45. The number of carbonyl (C=O) groups is 1. The SMILES string of the molecule is CCCC(=O)Nc1ccc2c(c1)[nH]c(=O)n2C. The number of hydrogen-bond donors (Lipinski definition) is 2. The number of aromatic amines is 1. The fraction of sp³-hybridized carbons (Fsp3) is 0.333. The third-order valence-corrected chi connectivity index (χ3v) is 2.66. The number of imidazole rings is 1. The third kappa shape index (κ3) is 2.22. The zero-order valence-electron chi connectivity index (χ0n) is 9.91. The van der Waals surface area contributed by atoms with Crippen LogP contribution in [-0.4, -0.2) is 15.5 Å². The first-order chi connectivity index (χ1) is 8.11. The third-order valence-electron chi connectivity index (χ3n) is 2.66. The Labute approximate surface area is 98.4 Å². The lowest BCUT2D eigenvalue weighted by Crippen LogP contribution is -2.11. The van der Waals surface area contributed by atoms with E-state index in [1.54, 1.807) is 19.2 Å². The van der Waals surface area contributed by atoms with Gasteiger partial charge >= 0.3 is 5.69 Å². The number of aryl methyl sites for hydroxylation is 1. The minimum absolute atomic E-state index is 0.00914.